The zero-order valence-electron chi connectivity index (χ0n) is 19.5. The maximum absolute atomic E-state index is 5.39. The largest absolute Gasteiger partial charge is 0.343 e. The van der Waals surface area contributed by atoms with E-state index < -0.39 is 5.41 Å². The molecule has 1 aliphatic rings. The molecule has 5 aromatic carbocycles. The van der Waals surface area contributed by atoms with E-state index in [-0.39, 0.29) is 0 Å². The Morgan fingerprint density at radius 3 is 1.80 bits per heavy atom. The summed E-state index contributed by atoms with van der Waals surface area (Å²) in [6.45, 7) is 0. The van der Waals surface area contributed by atoms with Crippen LogP contribution in [0.4, 0.5) is 5.69 Å². The summed E-state index contributed by atoms with van der Waals surface area (Å²) >= 11 is 0. The van der Waals surface area contributed by atoms with E-state index in [0.29, 0.717) is 0 Å². The van der Waals surface area contributed by atoms with Gasteiger partial charge in [0, 0.05) is 28.9 Å². The van der Waals surface area contributed by atoms with Crippen LogP contribution in [0.1, 0.15) is 22.3 Å². The first-order valence-electron chi connectivity index (χ1n) is 12.1. The van der Waals surface area contributed by atoms with Crippen LogP contribution in [-0.4, -0.2) is 10.3 Å². The van der Waals surface area contributed by atoms with Crippen molar-refractivity contribution >= 4 is 33.2 Å². The molecule has 0 unspecified atom stereocenters. The Morgan fingerprint density at radius 2 is 1.14 bits per heavy atom. The number of benzene rings is 5. The molecular formula is C33H24N2. The zero-order valence-corrected chi connectivity index (χ0v) is 19.5. The minimum Gasteiger partial charge on any atom is -0.343 e. The van der Waals surface area contributed by atoms with Gasteiger partial charge < -0.3 is 4.57 Å². The van der Waals surface area contributed by atoms with Gasteiger partial charge in [0.15, 0.2) is 0 Å². The fraction of sp³-hybridized carbons (Fsp3) is 0.0606. The van der Waals surface area contributed by atoms with Gasteiger partial charge in [-0.2, -0.15) is 0 Å². The first-order valence-corrected chi connectivity index (χ1v) is 12.1. The Labute approximate surface area is 204 Å². The van der Waals surface area contributed by atoms with Crippen molar-refractivity contribution in [2.45, 2.75) is 5.41 Å². The monoisotopic (exact) mass is 448 g/mol. The number of nitrogens with zero attached hydrogens (tertiary/aromatic N) is 2. The second-order valence-corrected chi connectivity index (χ2v) is 9.24. The van der Waals surface area contributed by atoms with E-state index in [1.807, 2.05) is 0 Å². The summed E-state index contributed by atoms with van der Waals surface area (Å²) < 4.78 is 2.35. The van der Waals surface area contributed by atoms with Gasteiger partial charge in [0.2, 0.25) is 0 Å². The second kappa shape index (κ2) is 7.54. The van der Waals surface area contributed by atoms with Crippen molar-refractivity contribution in [1.82, 2.24) is 4.57 Å². The van der Waals surface area contributed by atoms with Crippen LogP contribution in [0.25, 0.3) is 21.8 Å². The molecule has 0 radical (unpaired) electrons. The van der Waals surface area contributed by atoms with Gasteiger partial charge in [-0.15, -0.1) is 0 Å². The van der Waals surface area contributed by atoms with Crippen molar-refractivity contribution < 1.29 is 0 Å². The minimum absolute atomic E-state index is 0.541. The molecule has 6 aromatic rings. The number of hydrogen-bond donors (Lipinski definition) is 0. The van der Waals surface area contributed by atoms with Gasteiger partial charge in [-0.05, 0) is 28.8 Å². The van der Waals surface area contributed by atoms with Crippen LogP contribution in [0.5, 0.6) is 0 Å². The van der Waals surface area contributed by atoms with Gasteiger partial charge in [0.1, 0.15) is 0 Å². The fourth-order valence-corrected chi connectivity index (χ4v) is 6.03. The predicted octanol–water partition coefficient (Wildman–Crippen LogP) is 7.80. The van der Waals surface area contributed by atoms with E-state index in [2.05, 4.69) is 139 Å². The predicted molar refractivity (Wildman–Crippen MR) is 146 cm³/mol. The second-order valence-electron chi connectivity index (χ2n) is 9.24. The first-order chi connectivity index (χ1) is 17.3. The van der Waals surface area contributed by atoms with Crippen LogP contribution in [0.15, 0.2) is 132 Å². The topological polar surface area (TPSA) is 17.3 Å². The SMILES string of the molecule is Cn1c2ccccc2c2ccc3c(c21)C(c1ccccc1)(c1ccccc1)C(c1ccccc1)=N3. The highest BCUT2D eigenvalue weighted by Gasteiger charge is 2.48. The highest BCUT2D eigenvalue weighted by molar-refractivity contribution is 6.21. The molecule has 0 saturated carbocycles. The first kappa shape index (κ1) is 20.0. The van der Waals surface area contributed by atoms with Gasteiger partial charge in [-0.3, -0.25) is 4.99 Å². The number of aliphatic imine (C=N–C) groups is 1. The normalized spacial score (nSPS) is 14.3. The molecule has 0 saturated heterocycles. The number of hydrogen-bond acceptors (Lipinski definition) is 1. The smallest absolute Gasteiger partial charge is 0.0921 e. The van der Waals surface area contributed by atoms with Crippen molar-refractivity contribution in [3.8, 4) is 0 Å². The number of fused-ring (bicyclic) bond motifs is 5. The lowest BCUT2D eigenvalue weighted by molar-refractivity contribution is 0.847. The summed E-state index contributed by atoms with van der Waals surface area (Å²) in [5.74, 6) is 0. The van der Waals surface area contributed by atoms with Crippen LogP contribution in [0, 0.1) is 0 Å². The zero-order chi connectivity index (χ0) is 23.4. The Hall–Kier alpha value is -4.43. The Bertz CT molecular complexity index is 1690. The molecule has 166 valence electrons. The van der Waals surface area contributed by atoms with Crippen molar-refractivity contribution in [2.75, 3.05) is 0 Å². The minimum atomic E-state index is -0.541. The summed E-state index contributed by atoms with van der Waals surface area (Å²) in [6, 6.07) is 45.5. The van der Waals surface area contributed by atoms with Crippen LogP contribution < -0.4 is 0 Å². The quantitative estimate of drug-likeness (QED) is 0.263. The van der Waals surface area contributed by atoms with E-state index >= 15 is 0 Å². The molecule has 0 spiro atoms. The van der Waals surface area contributed by atoms with E-state index in [1.165, 1.54) is 38.5 Å². The highest BCUT2D eigenvalue weighted by atomic mass is 15.0. The lowest BCUT2D eigenvalue weighted by atomic mass is 9.65. The van der Waals surface area contributed by atoms with E-state index in [0.717, 1.165) is 17.0 Å². The third kappa shape index (κ3) is 2.68. The Morgan fingerprint density at radius 1 is 0.571 bits per heavy atom. The molecule has 0 N–H and O–H groups in total. The molecule has 2 heterocycles. The number of aromatic nitrogens is 1. The molecule has 2 nitrogen and oxygen atoms in total. The summed E-state index contributed by atoms with van der Waals surface area (Å²) in [4.78, 5) is 5.39. The van der Waals surface area contributed by atoms with Crippen molar-refractivity contribution in [2.24, 2.45) is 12.0 Å². The number of rotatable bonds is 3. The lowest BCUT2D eigenvalue weighted by Gasteiger charge is -2.34. The van der Waals surface area contributed by atoms with Crippen molar-refractivity contribution in [1.29, 1.82) is 0 Å². The van der Waals surface area contributed by atoms with Crippen LogP contribution in [-0.2, 0) is 12.5 Å². The van der Waals surface area contributed by atoms with E-state index in [4.69, 9.17) is 4.99 Å². The Kier molecular flexibility index (Phi) is 4.31. The molecule has 2 heteroatoms. The fourth-order valence-electron chi connectivity index (χ4n) is 6.03. The molecule has 7 rings (SSSR count). The van der Waals surface area contributed by atoms with Crippen LogP contribution in [0.3, 0.4) is 0 Å². The summed E-state index contributed by atoms with van der Waals surface area (Å²) in [7, 11) is 2.19. The van der Waals surface area contributed by atoms with Crippen molar-refractivity contribution in [3.05, 3.63) is 150 Å². The van der Waals surface area contributed by atoms with E-state index in [9.17, 15) is 0 Å². The molecule has 1 aliphatic heterocycles. The molecule has 0 atom stereocenters. The third-order valence-corrected chi connectivity index (χ3v) is 7.47. The van der Waals surface area contributed by atoms with Gasteiger partial charge in [-0.1, -0.05) is 115 Å². The highest BCUT2D eigenvalue weighted by Crippen LogP contribution is 2.54. The van der Waals surface area contributed by atoms with Crippen LogP contribution >= 0.6 is 0 Å². The van der Waals surface area contributed by atoms with Gasteiger partial charge in [-0.25, -0.2) is 0 Å². The third-order valence-electron chi connectivity index (χ3n) is 7.47. The molecule has 0 aliphatic carbocycles. The van der Waals surface area contributed by atoms with Gasteiger partial charge in [0.05, 0.1) is 22.3 Å². The van der Waals surface area contributed by atoms with Crippen LogP contribution in [0.2, 0.25) is 0 Å². The Balaban J connectivity index is 1.71. The summed E-state index contributed by atoms with van der Waals surface area (Å²) in [5, 5.41) is 2.54. The molecular weight excluding hydrogens is 424 g/mol. The number of aryl methyl sites for hydroxylation is 1. The molecule has 0 amide bonds. The summed E-state index contributed by atoms with van der Waals surface area (Å²) in [5.41, 5.74) is 8.90. The lowest BCUT2D eigenvalue weighted by Crippen LogP contribution is -2.37. The molecule has 0 bridgehead atoms. The molecule has 35 heavy (non-hydrogen) atoms. The van der Waals surface area contributed by atoms with Crippen molar-refractivity contribution in [3.63, 3.8) is 0 Å². The van der Waals surface area contributed by atoms with Gasteiger partial charge in [0.25, 0.3) is 0 Å². The number of para-hydroxylation sites is 1. The summed E-state index contributed by atoms with van der Waals surface area (Å²) in [6.07, 6.45) is 0. The average Bonchev–Trinajstić information content (AvgIpc) is 3.44. The molecule has 0 fully saturated rings. The van der Waals surface area contributed by atoms with E-state index in [1.54, 1.807) is 0 Å². The standard InChI is InChI=1S/C33H24N2/c1-35-29-20-12-11-19-26(29)27-21-22-28-30(31(27)35)33(24-15-7-3-8-16-24,25-17-9-4-10-18-25)32(34-28)23-13-5-2-6-14-23/h2-22H,1H3. The van der Waals surface area contributed by atoms with Gasteiger partial charge >= 0.3 is 0 Å². The molecule has 1 aromatic heterocycles. The average molecular weight is 449 g/mol. The maximum Gasteiger partial charge on any atom is 0.0921 e. The maximum atomic E-state index is 5.39.